The lowest BCUT2D eigenvalue weighted by Gasteiger charge is -2.11. The molecule has 0 saturated carbocycles. The molecule has 1 aromatic rings. The second-order valence-corrected chi connectivity index (χ2v) is 3.57. The topological polar surface area (TPSA) is 39.2 Å². The number of rotatable bonds is 4. The van der Waals surface area contributed by atoms with Gasteiger partial charge in [0.15, 0.2) is 0 Å². The highest BCUT2D eigenvalue weighted by Crippen LogP contribution is 2.13. The highest BCUT2D eigenvalue weighted by atomic mass is 16.5. The van der Waals surface area contributed by atoms with Gasteiger partial charge < -0.3 is 4.74 Å². The Balaban J connectivity index is 2.47. The molecule has 0 radical (unpaired) electrons. The van der Waals surface area contributed by atoms with Gasteiger partial charge in [-0.2, -0.15) is 0 Å². The van der Waals surface area contributed by atoms with Gasteiger partial charge in [0, 0.05) is 23.9 Å². The van der Waals surface area contributed by atoms with Crippen molar-refractivity contribution in [2.24, 2.45) is 0 Å². The molecule has 0 aliphatic heterocycles. The first-order valence-electron chi connectivity index (χ1n) is 4.84. The van der Waals surface area contributed by atoms with E-state index in [9.17, 15) is 4.79 Å². The van der Waals surface area contributed by atoms with Crippen molar-refractivity contribution in [2.45, 2.75) is 19.8 Å². The molecule has 0 fully saturated rings. The molecular weight excluding hydrogens is 190 g/mol. The van der Waals surface area contributed by atoms with E-state index in [2.05, 4.69) is 11.6 Å². The van der Waals surface area contributed by atoms with Gasteiger partial charge in [0.2, 0.25) is 0 Å². The van der Waals surface area contributed by atoms with Crippen LogP contribution in [0, 0.1) is 0 Å². The minimum atomic E-state index is -0.342. The zero-order valence-electron chi connectivity index (χ0n) is 9.06. The van der Waals surface area contributed by atoms with E-state index in [0.717, 1.165) is 5.56 Å². The summed E-state index contributed by atoms with van der Waals surface area (Å²) in [6.07, 6.45) is 3.50. The molecule has 0 aliphatic carbocycles. The predicted molar refractivity (Wildman–Crippen MR) is 58.4 cm³/mol. The van der Waals surface area contributed by atoms with Crippen molar-refractivity contribution in [3.05, 3.63) is 42.2 Å². The SMILES string of the molecule is C=C(C)C(=O)OCC(C)c1cccnc1. The summed E-state index contributed by atoms with van der Waals surface area (Å²) in [4.78, 5) is 15.2. The molecule has 0 N–H and O–H groups in total. The maximum atomic E-state index is 11.1. The first kappa shape index (κ1) is 11.4. The van der Waals surface area contributed by atoms with E-state index in [1.807, 2.05) is 19.1 Å². The number of hydrogen-bond acceptors (Lipinski definition) is 3. The maximum Gasteiger partial charge on any atom is 0.333 e. The fourth-order valence-electron chi connectivity index (χ4n) is 1.09. The molecule has 1 rings (SSSR count). The second kappa shape index (κ2) is 5.29. The van der Waals surface area contributed by atoms with Crippen molar-refractivity contribution >= 4 is 5.97 Å². The summed E-state index contributed by atoms with van der Waals surface area (Å²) in [5.41, 5.74) is 1.49. The van der Waals surface area contributed by atoms with Crippen LogP contribution in [-0.2, 0) is 9.53 Å². The summed E-state index contributed by atoms with van der Waals surface area (Å²) in [6, 6.07) is 3.83. The van der Waals surface area contributed by atoms with E-state index in [0.29, 0.717) is 12.2 Å². The van der Waals surface area contributed by atoms with E-state index in [4.69, 9.17) is 4.74 Å². The van der Waals surface area contributed by atoms with Crippen LogP contribution in [-0.4, -0.2) is 17.6 Å². The second-order valence-electron chi connectivity index (χ2n) is 3.57. The zero-order valence-corrected chi connectivity index (χ0v) is 9.06. The van der Waals surface area contributed by atoms with Crippen molar-refractivity contribution in [1.82, 2.24) is 4.98 Å². The van der Waals surface area contributed by atoms with Crippen molar-refractivity contribution in [3.8, 4) is 0 Å². The molecule has 1 aromatic heterocycles. The van der Waals surface area contributed by atoms with Crippen LogP contribution in [0.4, 0.5) is 0 Å². The molecule has 0 aromatic carbocycles. The number of esters is 1. The number of nitrogens with zero attached hydrogens (tertiary/aromatic N) is 1. The van der Waals surface area contributed by atoms with E-state index >= 15 is 0 Å². The van der Waals surface area contributed by atoms with Crippen molar-refractivity contribution in [3.63, 3.8) is 0 Å². The average molecular weight is 205 g/mol. The molecule has 3 heteroatoms. The molecule has 15 heavy (non-hydrogen) atoms. The van der Waals surface area contributed by atoms with Crippen molar-refractivity contribution < 1.29 is 9.53 Å². The Bertz CT molecular complexity index is 346. The Kier molecular flexibility index (Phi) is 4.03. The van der Waals surface area contributed by atoms with Gasteiger partial charge in [-0.15, -0.1) is 0 Å². The summed E-state index contributed by atoms with van der Waals surface area (Å²) in [7, 11) is 0. The van der Waals surface area contributed by atoms with Crippen LogP contribution in [0.15, 0.2) is 36.7 Å². The minimum absolute atomic E-state index is 0.155. The van der Waals surface area contributed by atoms with Crippen LogP contribution >= 0.6 is 0 Å². The van der Waals surface area contributed by atoms with E-state index < -0.39 is 0 Å². The molecule has 0 saturated heterocycles. The lowest BCUT2D eigenvalue weighted by molar-refractivity contribution is -0.139. The number of ether oxygens (including phenoxy) is 1. The fraction of sp³-hybridized carbons (Fsp3) is 0.333. The van der Waals surface area contributed by atoms with E-state index in [1.54, 1.807) is 19.3 Å². The fourth-order valence-corrected chi connectivity index (χ4v) is 1.09. The van der Waals surface area contributed by atoms with Gasteiger partial charge in [-0.05, 0) is 18.6 Å². The van der Waals surface area contributed by atoms with Gasteiger partial charge >= 0.3 is 5.97 Å². The van der Waals surface area contributed by atoms with Gasteiger partial charge in [0.05, 0.1) is 6.61 Å². The molecule has 3 nitrogen and oxygen atoms in total. The molecule has 80 valence electrons. The summed E-state index contributed by atoms with van der Waals surface area (Å²) >= 11 is 0. The molecule has 0 spiro atoms. The Morgan fingerprint density at radius 3 is 2.93 bits per heavy atom. The maximum absolute atomic E-state index is 11.1. The third-order valence-electron chi connectivity index (χ3n) is 2.07. The molecule has 1 heterocycles. The van der Waals surface area contributed by atoms with Gasteiger partial charge in [-0.1, -0.05) is 19.6 Å². The Morgan fingerprint density at radius 1 is 1.67 bits per heavy atom. The van der Waals surface area contributed by atoms with Gasteiger partial charge in [-0.25, -0.2) is 4.79 Å². The highest BCUT2D eigenvalue weighted by molar-refractivity contribution is 5.86. The van der Waals surface area contributed by atoms with E-state index in [1.165, 1.54) is 0 Å². The van der Waals surface area contributed by atoms with Crippen molar-refractivity contribution in [2.75, 3.05) is 6.61 Å². The van der Waals surface area contributed by atoms with Crippen LogP contribution in [0.1, 0.15) is 25.3 Å². The molecular formula is C12H15NO2. The quantitative estimate of drug-likeness (QED) is 0.559. The number of carbonyl (C=O) groups is 1. The third kappa shape index (κ3) is 3.54. The minimum Gasteiger partial charge on any atom is -0.462 e. The molecule has 0 amide bonds. The lowest BCUT2D eigenvalue weighted by Crippen LogP contribution is -2.11. The van der Waals surface area contributed by atoms with Crippen LogP contribution in [0.25, 0.3) is 0 Å². The van der Waals surface area contributed by atoms with Crippen molar-refractivity contribution in [1.29, 1.82) is 0 Å². The van der Waals surface area contributed by atoms with Crippen LogP contribution in [0.5, 0.6) is 0 Å². The standard InChI is InChI=1S/C12H15NO2/c1-9(2)12(14)15-8-10(3)11-5-4-6-13-7-11/h4-7,10H,1,8H2,2-3H3. The largest absolute Gasteiger partial charge is 0.462 e. The summed E-state index contributed by atoms with van der Waals surface area (Å²) in [5, 5.41) is 0. The zero-order chi connectivity index (χ0) is 11.3. The van der Waals surface area contributed by atoms with Crippen LogP contribution in [0.2, 0.25) is 0 Å². The Morgan fingerprint density at radius 2 is 2.40 bits per heavy atom. The number of pyridine rings is 1. The molecule has 1 atom stereocenters. The van der Waals surface area contributed by atoms with E-state index in [-0.39, 0.29) is 11.9 Å². The summed E-state index contributed by atoms with van der Waals surface area (Å²) in [6.45, 7) is 7.50. The predicted octanol–water partition coefficient (Wildman–Crippen LogP) is 2.30. The number of aromatic nitrogens is 1. The van der Waals surface area contributed by atoms with Gasteiger partial charge in [-0.3, -0.25) is 4.98 Å². The first-order valence-corrected chi connectivity index (χ1v) is 4.84. The Hall–Kier alpha value is -1.64. The van der Waals surface area contributed by atoms with Gasteiger partial charge in [0.1, 0.15) is 0 Å². The summed E-state index contributed by atoms with van der Waals surface area (Å²) in [5.74, 6) is -0.187. The molecule has 0 aliphatic rings. The summed E-state index contributed by atoms with van der Waals surface area (Å²) < 4.78 is 5.05. The molecule has 1 unspecified atom stereocenters. The smallest absolute Gasteiger partial charge is 0.333 e. The Labute approximate surface area is 89.8 Å². The third-order valence-corrected chi connectivity index (χ3v) is 2.07. The van der Waals surface area contributed by atoms with Gasteiger partial charge in [0.25, 0.3) is 0 Å². The van der Waals surface area contributed by atoms with Crippen LogP contribution in [0.3, 0.4) is 0 Å². The lowest BCUT2D eigenvalue weighted by atomic mass is 10.1. The number of hydrogen-bond donors (Lipinski definition) is 0. The molecule has 0 bridgehead atoms. The monoisotopic (exact) mass is 205 g/mol. The normalized spacial score (nSPS) is 11.9. The van der Waals surface area contributed by atoms with Crippen LogP contribution < -0.4 is 0 Å². The highest BCUT2D eigenvalue weighted by Gasteiger charge is 2.09. The number of carbonyl (C=O) groups excluding carboxylic acids is 1. The average Bonchev–Trinajstić information content (AvgIpc) is 2.26. The first-order chi connectivity index (χ1) is 7.11.